The number of aromatic amines is 1. The summed E-state index contributed by atoms with van der Waals surface area (Å²) in [7, 11) is 0. The summed E-state index contributed by atoms with van der Waals surface area (Å²) in [5.74, 6) is 0. The van der Waals surface area contributed by atoms with Crippen molar-refractivity contribution < 1.29 is 4.74 Å². The Morgan fingerprint density at radius 2 is 2.55 bits per heavy atom. The summed E-state index contributed by atoms with van der Waals surface area (Å²) in [5, 5.41) is 0. The Labute approximate surface area is 69.4 Å². The second-order valence-electron chi connectivity index (χ2n) is 1.91. The quantitative estimate of drug-likeness (QED) is 0.654. The number of nitrogens with zero attached hydrogens (tertiary/aromatic N) is 1. The Balaban J connectivity index is 2.96. The van der Waals surface area contributed by atoms with Gasteiger partial charge in [-0.15, -0.1) is 0 Å². The number of hydrogen-bond acceptors (Lipinski definition) is 4. The highest BCUT2D eigenvalue weighted by atomic mass is 32.1. The van der Waals surface area contributed by atoms with E-state index in [-0.39, 0.29) is 0 Å². The van der Waals surface area contributed by atoms with E-state index in [0.717, 1.165) is 0 Å². The summed E-state index contributed by atoms with van der Waals surface area (Å²) in [4.78, 5) is 6.59. The van der Waals surface area contributed by atoms with Gasteiger partial charge in [0.2, 0.25) is 0 Å². The average Bonchev–Trinajstić information content (AvgIpc) is 1.98. The van der Waals surface area contributed by atoms with Crippen LogP contribution in [0.1, 0.15) is 6.92 Å². The highest BCUT2D eigenvalue weighted by molar-refractivity contribution is 7.71. The van der Waals surface area contributed by atoms with Crippen LogP contribution in [0.2, 0.25) is 0 Å². The molecule has 0 aliphatic heterocycles. The number of aromatic nitrogens is 2. The molecule has 0 aliphatic carbocycles. The van der Waals surface area contributed by atoms with Gasteiger partial charge in [-0.25, -0.2) is 4.98 Å². The summed E-state index contributed by atoms with van der Waals surface area (Å²) in [6.07, 6.45) is 1.48. The van der Waals surface area contributed by atoms with Crippen LogP contribution in [0, 0.1) is 4.64 Å². The lowest BCUT2D eigenvalue weighted by Crippen LogP contribution is -1.99. The van der Waals surface area contributed by atoms with Crippen LogP contribution in [0.5, 0.6) is 6.01 Å². The normalized spacial score (nSPS) is 9.55. The number of anilines is 1. The molecule has 1 aromatic heterocycles. The van der Waals surface area contributed by atoms with E-state index in [4.69, 9.17) is 22.7 Å². The number of hydrogen-bond donors (Lipinski definition) is 2. The monoisotopic (exact) mass is 171 g/mol. The van der Waals surface area contributed by atoms with Gasteiger partial charge in [-0.1, -0.05) is 12.2 Å². The van der Waals surface area contributed by atoms with E-state index in [2.05, 4.69) is 9.97 Å². The topological polar surface area (TPSA) is 63.9 Å². The molecule has 0 bridgehead atoms. The highest BCUT2D eigenvalue weighted by Gasteiger charge is 1.94. The highest BCUT2D eigenvalue weighted by Crippen LogP contribution is 2.05. The molecule has 0 aliphatic rings. The Hall–Kier alpha value is -1.10. The SMILES string of the molecule is CCOc1ncc(N)c(=S)[nH]1. The zero-order valence-electron chi connectivity index (χ0n) is 6.13. The lowest BCUT2D eigenvalue weighted by atomic mass is 10.6. The van der Waals surface area contributed by atoms with Crippen molar-refractivity contribution in [2.75, 3.05) is 12.3 Å². The van der Waals surface area contributed by atoms with Crippen LogP contribution < -0.4 is 10.5 Å². The van der Waals surface area contributed by atoms with Crippen LogP contribution in [-0.2, 0) is 0 Å². The molecule has 1 rings (SSSR count). The maximum absolute atomic E-state index is 5.43. The van der Waals surface area contributed by atoms with Crippen LogP contribution in [-0.4, -0.2) is 16.6 Å². The van der Waals surface area contributed by atoms with E-state index in [9.17, 15) is 0 Å². The number of nitrogens with one attached hydrogen (secondary N) is 1. The molecule has 5 heteroatoms. The molecule has 0 radical (unpaired) electrons. The summed E-state index contributed by atoms with van der Waals surface area (Å²) in [6.45, 7) is 2.43. The smallest absolute Gasteiger partial charge is 0.294 e. The molecule has 1 aromatic rings. The van der Waals surface area contributed by atoms with E-state index < -0.39 is 0 Å². The van der Waals surface area contributed by atoms with E-state index >= 15 is 0 Å². The first-order valence-electron chi connectivity index (χ1n) is 3.21. The van der Waals surface area contributed by atoms with Crippen LogP contribution in [0.3, 0.4) is 0 Å². The van der Waals surface area contributed by atoms with Crippen molar-refractivity contribution in [2.24, 2.45) is 0 Å². The molecule has 0 fully saturated rings. The fourth-order valence-electron chi connectivity index (χ4n) is 0.598. The van der Waals surface area contributed by atoms with Gasteiger partial charge in [0, 0.05) is 0 Å². The average molecular weight is 171 g/mol. The van der Waals surface area contributed by atoms with Gasteiger partial charge in [-0.2, -0.15) is 0 Å². The molecule has 0 aromatic carbocycles. The molecule has 4 nitrogen and oxygen atoms in total. The standard InChI is InChI=1S/C6H9N3OS/c1-2-10-6-8-3-4(7)5(11)9-6/h3H,2,7H2,1H3,(H,8,9,11). The minimum absolute atomic E-state index is 0.409. The molecule has 0 atom stereocenters. The minimum atomic E-state index is 0.409. The number of ether oxygens (including phenoxy) is 1. The van der Waals surface area contributed by atoms with Gasteiger partial charge in [-0.05, 0) is 6.92 Å². The first kappa shape index (κ1) is 8.00. The third-order valence-electron chi connectivity index (χ3n) is 1.08. The van der Waals surface area contributed by atoms with Gasteiger partial charge >= 0.3 is 0 Å². The molecule has 3 N–H and O–H groups in total. The number of nitrogens with two attached hydrogens (primary N) is 1. The van der Waals surface area contributed by atoms with Crippen molar-refractivity contribution in [1.29, 1.82) is 0 Å². The molecule has 0 saturated heterocycles. The Morgan fingerprint density at radius 3 is 3.09 bits per heavy atom. The van der Waals surface area contributed by atoms with E-state index in [1.54, 1.807) is 0 Å². The largest absolute Gasteiger partial charge is 0.465 e. The predicted molar refractivity (Wildman–Crippen MR) is 45.0 cm³/mol. The molecular weight excluding hydrogens is 162 g/mol. The van der Waals surface area contributed by atoms with Gasteiger partial charge in [0.05, 0.1) is 18.5 Å². The molecule has 11 heavy (non-hydrogen) atoms. The fourth-order valence-corrected chi connectivity index (χ4v) is 0.738. The first-order valence-corrected chi connectivity index (χ1v) is 3.62. The fraction of sp³-hybridized carbons (Fsp3) is 0.333. The second kappa shape index (κ2) is 3.34. The molecule has 60 valence electrons. The number of nitrogen functional groups attached to an aromatic ring is 1. The molecular formula is C6H9N3OS. The van der Waals surface area contributed by atoms with Crippen molar-refractivity contribution in [1.82, 2.24) is 9.97 Å². The molecule has 0 saturated carbocycles. The lowest BCUT2D eigenvalue weighted by Gasteiger charge is -2.00. The summed E-state index contributed by atoms with van der Waals surface area (Å²) in [5.41, 5.74) is 5.89. The summed E-state index contributed by atoms with van der Waals surface area (Å²) >= 11 is 4.85. The number of rotatable bonds is 2. The van der Waals surface area contributed by atoms with E-state index in [0.29, 0.717) is 22.9 Å². The molecule has 0 spiro atoms. The maximum atomic E-state index is 5.43. The van der Waals surface area contributed by atoms with Gasteiger partial charge < -0.3 is 10.5 Å². The van der Waals surface area contributed by atoms with Gasteiger partial charge in [0.15, 0.2) is 0 Å². The maximum Gasteiger partial charge on any atom is 0.294 e. The van der Waals surface area contributed by atoms with Crippen molar-refractivity contribution >= 4 is 17.9 Å². The van der Waals surface area contributed by atoms with Crippen molar-refractivity contribution in [3.05, 3.63) is 10.8 Å². The van der Waals surface area contributed by atoms with Crippen molar-refractivity contribution in [3.63, 3.8) is 0 Å². The van der Waals surface area contributed by atoms with E-state index in [1.165, 1.54) is 6.20 Å². The first-order chi connectivity index (χ1) is 5.24. The van der Waals surface area contributed by atoms with Gasteiger partial charge in [0.25, 0.3) is 6.01 Å². The van der Waals surface area contributed by atoms with Crippen LogP contribution in [0.4, 0.5) is 5.69 Å². The number of H-pyrrole nitrogens is 1. The Bertz CT molecular complexity index is 296. The zero-order valence-corrected chi connectivity index (χ0v) is 6.94. The summed E-state index contributed by atoms with van der Waals surface area (Å²) in [6, 6.07) is 0.409. The lowest BCUT2D eigenvalue weighted by molar-refractivity contribution is 0.312. The molecule has 0 unspecified atom stereocenters. The Kier molecular flexibility index (Phi) is 2.43. The third kappa shape index (κ3) is 1.91. The van der Waals surface area contributed by atoms with Gasteiger partial charge in [0.1, 0.15) is 4.64 Å². The molecule has 1 heterocycles. The Morgan fingerprint density at radius 1 is 1.82 bits per heavy atom. The second-order valence-corrected chi connectivity index (χ2v) is 2.31. The van der Waals surface area contributed by atoms with Crippen LogP contribution >= 0.6 is 12.2 Å². The third-order valence-corrected chi connectivity index (χ3v) is 1.42. The van der Waals surface area contributed by atoms with E-state index in [1.807, 2.05) is 6.92 Å². The van der Waals surface area contributed by atoms with Crippen molar-refractivity contribution in [2.45, 2.75) is 6.92 Å². The zero-order chi connectivity index (χ0) is 8.27. The predicted octanol–water partition coefficient (Wildman–Crippen LogP) is 1.12. The van der Waals surface area contributed by atoms with Crippen LogP contribution in [0.15, 0.2) is 6.20 Å². The summed E-state index contributed by atoms with van der Waals surface area (Å²) < 4.78 is 5.51. The minimum Gasteiger partial charge on any atom is -0.465 e. The van der Waals surface area contributed by atoms with Gasteiger partial charge in [-0.3, -0.25) is 4.98 Å². The van der Waals surface area contributed by atoms with Crippen molar-refractivity contribution in [3.8, 4) is 6.01 Å². The molecule has 0 amide bonds. The van der Waals surface area contributed by atoms with Crippen LogP contribution in [0.25, 0.3) is 0 Å².